The maximum atomic E-state index is 13.1. The smallest absolute Gasteiger partial charge is 0.264 e. The van der Waals surface area contributed by atoms with Crippen molar-refractivity contribution in [2.24, 2.45) is 0 Å². The summed E-state index contributed by atoms with van der Waals surface area (Å²) in [5.41, 5.74) is 1.89. The molecule has 0 aliphatic rings. The second kappa shape index (κ2) is 9.66. The minimum Gasteiger partial charge on any atom is -0.497 e. The van der Waals surface area contributed by atoms with Crippen LogP contribution in [-0.4, -0.2) is 39.9 Å². The molecule has 0 bridgehead atoms. The lowest BCUT2D eigenvalue weighted by Gasteiger charge is -2.23. The van der Waals surface area contributed by atoms with Crippen LogP contribution in [0.1, 0.15) is 22.8 Å². The van der Waals surface area contributed by atoms with Gasteiger partial charge in [0.15, 0.2) is 0 Å². The molecule has 0 heterocycles. The van der Waals surface area contributed by atoms with Gasteiger partial charge in [-0.15, -0.1) is 0 Å². The molecule has 0 unspecified atom stereocenters. The van der Waals surface area contributed by atoms with Crippen LogP contribution in [0.5, 0.6) is 5.75 Å². The van der Waals surface area contributed by atoms with Crippen molar-refractivity contribution in [3.63, 3.8) is 0 Å². The number of hydrogen-bond acceptors (Lipinski definition) is 4. The number of sulfonamides is 1. The molecule has 31 heavy (non-hydrogen) atoms. The highest BCUT2D eigenvalue weighted by Gasteiger charge is 2.23. The van der Waals surface area contributed by atoms with Gasteiger partial charge in [-0.05, 0) is 55.0 Å². The van der Waals surface area contributed by atoms with Crippen LogP contribution in [0.3, 0.4) is 0 Å². The lowest BCUT2D eigenvalue weighted by molar-refractivity contribution is 0.0752. The van der Waals surface area contributed by atoms with E-state index in [1.54, 1.807) is 41.3 Å². The molecular formula is C24H26N2O4S. The average molecular weight is 439 g/mol. The van der Waals surface area contributed by atoms with Crippen LogP contribution in [0, 0.1) is 0 Å². The number of amides is 1. The summed E-state index contributed by atoms with van der Waals surface area (Å²) < 4.78 is 32.3. The van der Waals surface area contributed by atoms with E-state index in [1.165, 1.54) is 30.6 Å². The summed E-state index contributed by atoms with van der Waals surface area (Å²) in [7, 11) is -0.781. The Labute approximate surface area is 183 Å². The standard InChI is InChI=1S/C24H26N2O4S/c1-4-26(18-19-9-6-5-7-10-19)24(27)20-11-8-12-21(17-20)25(2)31(28,29)23-15-13-22(30-3)14-16-23/h5-17H,4,18H2,1-3H3. The van der Waals surface area contributed by atoms with E-state index >= 15 is 0 Å². The van der Waals surface area contributed by atoms with E-state index in [-0.39, 0.29) is 10.8 Å². The molecule has 0 aromatic heterocycles. The second-order valence-electron chi connectivity index (χ2n) is 7.00. The fraction of sp³-hybridized carbons (Fsp3) is 0.208. The van der Waals surface area contributed by atoms with Crippen LogP contribution in [0.4, 0.5) is 5.69 Å². The number of hydrogen-bond donors (Lipinski definition) is 0. The molecule has 0 spiro atoms. The summed E-state index contributed by atoms with van der Waals surface area (Å²) in [5.74, 6) is 0.427. The van der Waals surface area contributed by atoms with E-state index in [1.807, 2.05) is 37.3 Å². The summed E-state index contributed by atoms with van der Waals surface area (Å²) in [4.78, 5) is 15.0. The topological polar surface area (TPSA) is 66.9 Å². The summed E-state index contributed by atoms with van der Waals surface area (Å²) in [5, 5.41) is 0. The monoisotopic (exact) mass is 438 g/mol. The number of benzene rings is 3. The first-order valence-electron chi connectivity index (χ1n) is 9.93. The van der Waals surface area contributed by atoms with Gasteiger partial charge >= 0.3 is 0 Å². The highest BCUT2D eigenvalue weighted by Crippen LogP contribution is 2.25. The molecule has 1 amide bonds. The molecule has 0 radical (unpaired) electrons. The third-order valence-electron chi connectivity index (χ3n) is 5.06. The lowest BCUT2D eigenvalue weighted by atomic mass is 10.1. The van der Waals surface area contributed by atoms with Crippen LogP contribution >= 0.6 is 0 Å². The van der Waals surface area contributed by atoms with Crippen LogP contribution in [0.2, 0.25) is 0 Å². The van der Waals surface area contributed by atoms with Crippen LogP contribution < -0.4 is 9.04 Å². The van der Waals surface area contributed by atoms with Gasteiger partial charge in [-0.2, -0.15) is 0 Å². The third-order valence-corrected chi connectivity index (χ3v) is 6.86. The Morgan fingerprint density at radius 2 is 1.61 bits per heavy atom. The quantitative estimate of drug-likeness (QED) is 0.529. The first kappa shape index (κ1) is 22.4. The van der Waals surface area contributed by atoms with Crippen molar-refractivity contribution in [2.45, 2.75) is 18.4 Å². The Hall–Kier alpha value is -3.32. The second-order valence-corrected chi connectivity index (χ2v) is 8.97. The van der Waals surface area contributed by atoms with Crippen molar-refractivity contribution in [3.8, 4) is 5.75 Å². The van der Waals surface area contributed by atoms with E-state index in [2.05, 4.69) is 0 Å². The first-order chi connectivity index (χ1) is 14.9. The highest BCUT2D eigenvalue weighted by molar-refractivity contribution is 7.92. The molecule has 0 N–H and O–H groups in total. The molecule has 0 aliphatic heterocycles. The number of carbonyl (C=O) groups is 1. The Morgan fingerprint density at radius 3 is 2.23 bits per heavy atom. The van der Waals surface area contributed by atoms with Gasteiger partial charge in [-0.1, -0.05) is 36.4 Å². The number of carbonyl (C=O) groups excluding carboxylic acids is 1. The van der Waals surface area contributed by atoms with Gasteiger partial charge in [0, 0.05) is 25.7 Å². The van der Waals surface area contributed by atoms with Gasteiger partial charge in [0.05, 0.1) is 17.7 Å². The molecule has 0 fully saturated rings. The zero-order chi connectivity index (χ0) is 22.4. The minimum atomic E-state index is -3.78. The summed E-state index contributed by atoms with van der Waals surface area (Å²) >= 11 is 0. The summed E-state index contributed by atoms with van der Waals surface area (Å²) in [6.07, 6.45) is 0. The zero-order valence-electron chi connectivity index (χ0n) is 17.9. The van der Waals surface area contributed by atoms with Gasteiger partial charge in [0.1, 0.15) is 5.75 Å². The van der Waals surface area contributed by atoms with E-state index < -0.39 is 10.0 Å². The van der Waals surface area contributed by atoms with Crippen LogP contribution in [0.25, 0.3) is 0 Å². The molecule has 3 aromatic carbocycles. The Kier molecular flexibility index (Phi) is 6.97. The van der Waals surface area contributed by atoms with Gasteiger partial charge in [-0.3, -0.25) is 9.10 Å². The van der Waals surface area contributed by atoms with E-state index in [0.717, 1.165) is 5.56 Å². The Balaban J connectivity index is 1.84. The maximum absolute atomic E-state index is 13.1. The molecular weight excluding hydrogens is 412 g/mol. The molecule has 162 valence electrons. The van der Waals surface area contributed by atoms with Gasteiger partial charge in [0.2, 0.25) is 0 Å². The predicted molar refractivity (Wildman–Crippen MR) is 122 cm³/mol. The average Bonchev–Trinajstić information content (AvgIpc) is 2.82. The maximum Gasteiger partial charge on any atom is 0.264 e. The molecule has 0 saturated carbocycles. The highest BCUT2D eigenvalue weighted by atomic mass is 32.2. The number of rotatable bonds is 8. The fourth-order valence-electron chi connectivity index (χ4n) is 3.19. The number of anilines is 1. The number of nitrogens with zero attached hydrogens (tertiary/aromatic N) is 2. The minimum absolute atomic E-state index is 0.145. The lowest BCUT2D eigenvalue weighted by Crippen LogP contribution is -2.31. The molecule has 0 atom stereocenters. The van der Waals surface area contributed by atoms with Crippen LogP contribution in [-0.2, 0) is 16.6 Å². The Morgan fingerprint density at radius 1 is 0.935 bits per heavy atom. The number of methoxy groups -OCH3 is 1. The van der Waals surface area contributed by atoms with Gasteiger partial charge < -0.3 is 9.64 Å². The van der Waals surface area contributed by atoms with E-state index in [0.29, 0.717) is 30.1 Å². The largest absolute Gasteiger partial charge is 0.497 e. The zero-order valence-corrected chi connectivity index (χ0v) is 18.7. The molecule has 0 saturated heterocycles. The molecule has 3 aromatic rings. The van der Waals surface area contributed by atoms with Gasteiger partial charge in [-0.25, -0.2) is 8.42 Å². The normalized spacial score (nSPS) is 11.1. The summed E-state index contributed by atoms with van der Waals surface area (Å²) in [6, 6.07) is 22.6. The van der Waals surface area contributed by atoms with E-state index in [9.17, 15) is 13.2 Å². The van der Waals surface area contributed by atoms with Crippen molar-refractivity contribution in [3.05, 3.63) is 90.0 Å². The van der Waals surface area contributed by atoms with Crippen LogP contribution in [0.15, 0.2) is 83.8 Å². The summed E-state index contributed by atoms with van der Waals surface area (Å²) in [6.45, 7) is 2.95. The molecule has 0 aliphatic carbocycles. The number of ether oxygens (including phenoxy) is 1. The molecule has 6 nitrogen and oxygen atoms in total. The first-order valence-corrected chi connectivity index (χ1v) is 11.4. The van der Waals surface area contributed by atoms with Crippen molar-refractivity contribution >= 4 is 21.6 Å². The third kappa shape index (κ3) is 5.06. The Bertz CT molecular complexity index is 1130. The van der Waals surface area contributed by atoms with E-state index in [4.69, 9.17) is 4.74 Å². The molecule has 3 rings (SSSR count). The predicted octanol–water partition coefficient (Wildman–Crippen LogP) is 4.18. The SMILES string of the molecule is CCN(Cc1ccccc1)C(=O)c1cccc(N(C)S(=O)(=O)c2ccc(OC)cc2)c1. The van der Waals surface area contributed by atoms with Crippen molar-refractivity contribution in [2.75, 3.05) is 25.0 Å². The van der Waals surface area contributed by atoms with Crippen molar-refractivity contribution in [1.82, 2.24) is 4.90 Å². The molecule has 7 heteroatoms. The van der Waals surface area contributed by atoms with Crippen molar-refractivity contribution < 1.29 is 17.9 Å². The fourth-order valence-corrected chi connectivity index (χ4v) is 4.38. The van der Waals surface area contributed by atoms with Crippen molar-refractivity contribution in [1.29, 1.82) is 0 Å². The van der Waals surface area contributed by atoms with Gasteiger partial charge in [0.25, 0.3) is 15.9 Å².